The quantitative estimate of drug-likeness (QED) is 0.690. The first-order valence-corrected chi connectivity index (χ1v) is 4.57. The van der Waals surface area contributed by atoms with Crippen molar-refractivity contribution in [1.29, 1.82) is 0 Å². The normalized spacial score (nSPS) is 20.3. The van der Waals surface area contributed by atoms with Crippen LogP contribution in [-0.4, -0.2) is 25.6 Å². The molecule has 0 aliphatic heterocycles. The fraction of sp³-hybridized carbons (Fsp3) is 1.00. The number of hydrogen-bond acceptors (Lipinski definition) is 1. The molecular formula is C9H16F3N. The maximum Gasteiger partial charge on any atom is 0.100 e. The van der Waals surface area contributed by atoms with Gasteiger partial charge in [0.05, 0.1) is 5.41 Å². The maximum absolute atomic E-state index is 12.4. The lowest BCUT2D eigenvalue weighted by atomic mass is 9.85. The SMILES string of the molecule is NC1(CCC(CF)(CF)CF)CC1. The van der Waals surface area contributed by atoms with Crippen LogP contribution in [0.5, 0.6) is 0 Å². The van der Waals surface area contributed by atoms with Crippen LogP contribution in [0.15, 0.2) is 0 Å². The molecule has 0 aromatic rings. The zero-order valence-corrected chi connectivity index (χ0v) is 7.66. The molecule has 1 aliphatic rings. The predicted octanol–water partition coefficient (Wildman–Crippen LogP) is 2.15. The van der Waals surface area contributed by atoms with Crippen molar-refractivity contribution in [3.05, 3.63) is 0 Å². The molecule has 0 unspecified atom stereocenters. The van der Waals surface area contributed by atoms with Gasteiger partial charge in [0.1, 0.15) is 20.0 Å². The summed E-state index contributed by atoms with van der Waals surface area (Å²) < 4.78 is 37.2. The van der Waals surface area contributed by atoms with Gasteiger partial charge in [-0.25, -0.2) is 0 Å². The van der Waals surface area contributed by atoms with E-state index < -0.39 is 25.4 Å². The van der Waals surface area contributed by atoms with Crippen LogP contribution in [0.1, 0.15) is 25.7 Å². The van der Waals surface area contributed by atoms with E-state index >= 15 is 0 Å². The molecule has 1 nitrogen and oxygen atoms in total. The molecule has 1 rings (SSSR count). The minimum atomic E-state index is -1.41. The molecule has 0 bridgehead atoms. The van der Waals surface area contributed by atoms with Gasteiger partial charge in [0.2, 0.25) is 0 Å². The third-order valence-corrected chi connectivity index (χ3v) is 2.90. The van der Waals surface area contributed by atoms with Crippen LogP contribution in [-0.2, 0) is 0 Å². The van der Waals surface area contributed by atoms with E-state index in [1.165, 1.54) is 0 Å². The lowest BCUT2D eigenvalue weighted by Gasteiger charge is -2.25. The van der Waals surface area contributed by atoms with Gasteiger partial charge in [-0.3, -0.25) is 13.2 Å². The van der Waals surface area contributed by atoms with E-state index in [2.05, 4.69) is 0 Å². The summed E-state index contributed by atoms with van der Waals surface area (Å²) in [6.45, 7) is -2.80. The summed E-state index contributed by atoms with van der Waals surface area (Å²) in [6.07, 6.45) is 2.54. The van der Waals surface area contributed by atoms with Gasteiger partial charge in [0.15, 0.2) is 0 Å². The second-order valence-electron chi connectivity index (χ2n) is 4.26. The van der Waals surface area contributed by atoms with Crippen LogP contribution < -0.4 is 5.73 Å². The minimum Gasteiger partial charge on any atom is -0.325 e. The molecule has 0 amide bonds. The molecule has 0 aromatic carbocycles. The van der Waals surface area contributed by atoms with E-state index in [1.54, 1.807) is 0 Å². The summed E-state index contributed by atoms with van der Waals surface area (Å²) in [5.74, 6) is 0. The van der Waals surface area contributed by atoms with Crippen molar-refractivity contribution in [1.82, 2.24) is 0 Å². The summed E-state index contributed by atoms with van der Waals surface area (Å²) in [6, 6.07) is 0. The molecule has 1 saturated carbocycles. The summed E-state index contributed by atoms with van der Waals surface area (Å²) in [5.41, 5.74) is 4.10. The molecule has 0 radical (unpaired) electrons. The summed E-state index contributed by atoms with van der Waals surface area (Å²) >= 11 is 0. The predicted molar refractivity (Wildman–Crippen MR) is 45.7 cm³/mol. The van der Waals surface area contributed by atoms with Crippen molar-refractivity contribution in [3.63, 3.8) is 0 Å². The Bertz CT molecular complexity index is 156. The van der Waals surface area contributed by atoms with Crippen LogP contribution in [0.3, 0.4) is 0 Å². The van der Waals surface area contributed by atoms with Crippen LogP contribution in [0, 0.1) is 5.41 Å². The van der Waals surface area contributed by atoms with E-state index in [9.17, 15) is 13.2 Å². The van der Waals surface area contributed by atoms with Gasteiger partial charge in [-0.2, -0.15) is 0 Å². The Morgan fingerprint density at radius 2 is 1.54 bits per heavy atom. The summed E-state index contributed by atoms with van der Waals surface area (Å²) in [4.78, 5) is 0. The second kappa shape index (κ2) is 3.86. The van der Waals surface area contributed by atoms with Gasteiger partial charge in [0.25, 0.3) is 0 Å². The molecule has 0 atom stereocenters. The number of nitrogens with two attached hydrogens (primary N) is 1. The average Bonchev–Trinajstić information content (AvgIpc) is 2.88. The van der Waals surface area contributed by atoms with E-state index in [0.717, 1.165) is 12.8 Å². The van der Waals surface area contributed by atoms with Crippen molar-refractivity contribution in [2.24, 2.45) is 11.1 Å². The topological polar surface area (TPSA) is 26.0 Å². The average molecular weight is 195 g/mol. The smallest absolute Gasteiger partial charge is 0.100 e. The second-order valence-corrected chi connectivity index (χ2v) is 4.26. The van der Waals surface area contributed by atoms with Crippen molar-refractivity contribution < 1.29 is 13.2 Å². The molecule has 4 heteroatoms. The Hall–Kier alpha value is -0.250. The van der Waals surface area contributed by atoms with Crippen LogP contribution in [0.4, 0.5) is 13.2 Å². The largest absolute Gasteiger partial charge is 0.325 e. The molecule has 13 heavy (non-hydrogen) atoms. The first-order chi connectivity index (χ1) is 6.10. The molecule has 0 heterocycles. The Labute approximate surface area is 76.5 Å². The van der Waals surface area contributed by atoms with Crippen molar-refractivity contribution in [2.75, 3.05) is 20.0 Å². The van der Waals surface area contributed by atoms with Gasteiger partial charge < -0.3 is 5.73 Å². The Morgan fingerprint density at radius 3 is 1.85 bits per heavy atom. The number of rotatable bonds is 6. The fourth-order valence-electron chi connectivity index (χ4n) is 1.23. The molecule has 0 spiro atoms. The zero-order chi connectivity index (χ0) is 9.95. The third-order valence-electron chi connectivity index (χ3n) is 2.90. The molecule has 0 saturated heterocycles. The van der Waals surface area contributed by atoms with Gasteiger partial charge >= 0.3 is 0 Å². The Kier molecular flexibility index (Phi) is 3.22. The van der Waals surface area contributed by atoms with E-state index in [0.29, 0.717) is 6.42 Å². The molecule has 78 valence electrons. The highest BCUT2D eigenvalue weighted by molar-refractivity contribution is 4.99. The molecular weight excluding hydrogens is 179 g/mol. The zero-order valence-electron chi connectivity index (χ0n) is 7.66. The summed E-state index contributed by atoms with van der Waals surface area (Å²) in [5, 5.41) is 0. The molecule has 2 N–H and O–H groups in total. The molecule has 1 fully saturated rings. The minimum absolute atomic E-state index is 0.215. The molecule has 0 aromatic heterocycles. The van der Waals surface area contributed by atoms with Crippen molar-refractivity contribution >= 4 is 0 Å². The first kappa shape index (κ1) is 10.8. The highest BCUT2D eigenvalue weighted by Gasteiger charge is 2.41. The van der Waals surface area contributed by atoms with Gasteiger partial charge in [-0.15, -0.1) is 0 Å². The number of halogens is 3. The van der Waals surface area contributed by atoms with E-state index in [1.807, 2.05) is 0 Å². The van der Waals surface area contributed by atoms with Crippen molar-refractivity contribution in [2.45, 2.75) is 31.2 Å². The highest BCUT2D eigenvalue weighted by atomic mass is 19.1. The van der Waals surface area contributed by atoms with Gasteiger partial charge in [0, 0.05) is 5.54 Å². The Morgan fingerprint density at radius 1 is 1.08 bits per heavy atom. The third kappa shape index (κ3) is 2.59. The van der Waals surface area contributed by atoms with Gasteiger partial charge in [-0.05, 0) is 25.7 Å². The van der Waals surface area contributed by atoms with Gasteiger partial charge in [-0.1, -0.05) is 0 Å². The lowest BCUT2D eigenvalue weighted by Crippen LogP contribution is -2.32. The number of alkyl halides is 3. The van der Waals surface area contributed by atoms with Crippen molar-refractivity contribution in [3.8, 4) is 0 Å². The highest BCUT2D eigenvalue weighted by Crippen LogP contribution is 2.40. The van der Waals surface area contributed by atoms with Crippen LogP contribution in [0.2, 0.25) is 0 Å². The van der Waals surface area contributed by atoms with E-state index in [-0.39, 0.29) is 12.0 Å². The first-order valence-electron chi connectivity index (χ1n) is 4.57. The summed E-state index contributed by atoms with van der Waals surface area (Å²) in [7, 11) is 0. The lowest BCUT2D eigenvalue weighted by molar-refractivity contribution is 0.0964. The fourth-order valence-corrected chi connectivity index (χ4v) is 1.23. The Balaban J connectivity index is 2.37. The van der Waals surface area contributed by atoms with Crippen LogP contribution in [0.25, 0.3) is 0 Å². The maximum atomic E-state index is 12.4. The van der Waals surface area contributed by atoms with E-state index in [4.69, 9.17) is 5.73 Å². The number of hydrogen-bond donors (Lipinski definition) is 1. The molecule has 1 aliphatic carbocycles. The monoisotopic (exact) mass is 195 g/mol. The standard InChI is InChI=1S/C9H16F3N/c10-5-8(6-11,7-12)1-2-9(13)3-4-9/h1-7,13H2. The van der Waals surface area contributed by atoms with Crippen LogP contribution >= 0.6 is 0 Å².